The second kappa shape index (κ2) is 4.96. The fraction of sp³-hybridized carbons (Fsp3) is 0.222. The lowest BCUT2D eigenvalue weighted by atomic mass is 10.5. The zero-order valence-electron chi connectivity index (χ0n) is 7.86. The van der Waals surface area contributed by atoms with Gasteiger partial charge in [-0.15, -0.1) is 6.58 Å². The summed E-state index contributed by atoms with van der Waals surface area (Å²) in [5.41, 5.74) is 0. The zero-order chi connectivity index (χ0) is 10.4. The third-order valence-electron chi connectivity index (χ3n) is 1.45. The molecule has 0 spiro atoms. The maximum Gasteiger partial charge on any atom is 0.376 e. The van der Waals surface area contributed by atoms with Gasteiger partial charge in [0, 0.05) is 12.7 Å². The van der Waals surface area contributed by atoms with Crippen LogP contribution in [0.2, 0.25) is 0 Å². The van der Waals surface area contributed by atoms with Crippen LogP contribution in [0.3, 0.4) is 0 Å². The molecule has 14 heavy (non-hydrogen) atoms. The summed E-state index contributed by atoms with van der Waals surface area (Å²) in [7, 11) is 1.29. The molecule has 0 saturated carbocycles. The number of nitrogens with one attached hydrogen (secondary N) is 1. The molecule has 0 aromatic carbocycles. The van der Waals surface area contributed by atoms with E-state index in [0.717, 1.165) is 0 Å². The Morgan fingerprint density at radius 3 is 3.21 bits per heavy atom. The molecule has 5 heteroatoms. The lowest BCUT2D eigenvalue weighted by Crippen LogP contribution is -2.09. The third kappa shape index (κ3) is 2.55. The number of hydrogen-bond donors (Lipinski definition) is 1. The van der Waals surface area contributed by atoms with Gasteiger partial charge in [0.25, 0.3) is 0 Å². The summed E-state index contributed by atoms with van der Waals surface area (Å²) in [6.07, 6.45) is 3.19. The molecule has 1 aromatic rings. The van der Waals surface area contributed by atoms with Crippen LogP contribution in [0, 0.1) is 0 Å². The number of carbonyl (C=O) groups is 1. The Labute approximate surface area is 81.8 Å². The van der Waals surface area contributed by atoms with Crippen LogP contribution < -0.4 is 5.32 Å². The van der Waals surface area contributed by atoms with E-state index in [2.05, 4.69) is 26.6 Å². The fourth-order valence-corrected chi connectivity index (χ4v) is 0.824. The van der Waals surface area contributed by atoms with E-state index in [1.165, 1.54) is 13.3 Å². The van der Waals surface area contributed by atoms with E-state index in [4.69, 9.17) is 0 Å². The van der Waals surface area contributed by atoms with Crippen molar-refractivity contribution in [2.75, 3.05) is 19.0 Å². The number of ether oxygens (including phenoxy) is 1. The predicted molar refractivity (Wildman–Crippen MR) is 52.1 cm³/mol. The van der Waals surface area contributed by atoms with Crippen LogP contribution in [0.15, 0.2) is 24.9 Å². The second-order valence-corrected chi connectivity index (χ2v) is 2.43. The summed E-state index contributed by atoms with van der Waals surface area (Å²) >= 11 is 0. The summed E-state index contributed by atoms with van der Waals surface area (Å²) in [6.45, 7) is 4.13. The molecule has 1 N–H and O–H groups in total. The minimum Gasteiger partial charge on any atom is -0.463 e. The van der Waals surface area contributed by atoms with Crippen molar-refractivity contribution in [3.8, 4) is 0 Å². The highest BCUT2D eigenvalue weighted by Gasteiger charge is 2.08. The first kappa shape index (κ1) is 10.2. The summed E-state index contributed by atoms with van der Waals surface area (Å²) < 4.78 is 4.48. The van der Waals surface area contributed by atoms with Gasteiger partial charge in [-0.05, 0) is 6.07 Å². The van der Waals surface area contributed by atoms with E-state index in [0.29, 0.717) is 12.4 Å². The first-order valence-corrected chi connectivity index (χ1v) is 4.04. The standard InChI is InChI=1S/C9H11N3O2/c1-3-5-10-7-4-6-11-8(12-7)9(13)14-2/h3-4,6H,1,5H2,2H3,(H,10,11,12). The highest BCUT2D eigenvalue weighted by molar-refractivity contribution is 5.85. The van der Waals surface area contributed by atoms with Gasteiger partial charge in [0.05, 0.1) is 7.11 Å². The van der Waals surface area contributed by atoms with Crippen molar-refractivity contribution in [2.45, 2.75) is 0 Å². The van der Waals surface area contributed by atoms with Crippen molar-refractivity contribution in [3.05, 3.63) is 30.7 Å². The minimum atomic E-state index is -0.549. The molecule has 0 fully saturated rings. The first-order valence-electron chi connectivity index (χ1n) is 4.04. The Morgan fingerprint density at radius 2 is 2.57 bits per heavy atom. The molecule has 0 aliphatic heterocycles. The van der Waals surface area contributed by atoms with Crippen LogP contribution in [-0.4, -0.2) is 29.6 Å². The van der Waals surface area contributed by atoms with Crippen molar-refractivity contribution < 1.29 is 9.53 Å². The second-order valence-electron chi connectivity index (χ2n) is 2.43. The van der Waals surface area contributed by atoms with E-state index < -0.39 is 5.97 Å². The molecule has 1 rings (SSSR count). The molecule has 0 atom stereocenters. The van der Waals surface area contributed by atoms with Gasteiger partial charge in [0.1, 0.15) is 5.82 Å². The van der Waals surface area contributed by atoms with Crippen molar-refractivity contribution in [2.24, 2.45) is 0 Å². The topological polar surface area (TPSA) is 64.1 Å². The smallest absolute Gasteiger partial charge is 0.376 e. The summed E-state index contributed by atoms with van der Waals surface area (Å²) in [5.74, 6) is 0.0640. The SMILES string of the molecule is C=CCNc1ccnc(C(=O)OC)n1. The zero-order valence-corrected chi connectivity index (χ0v) is 7.86. The van der Waals surface area contributed by atoms with E-state index in [1.54, 1.807) is 12.1 Å². The van der Waals surface area contributed by atoms with Gasteiger partial charge in [0.15, 0.2) is 0 Å². The van der Waals surface area contributed by atoms with E-state index in [9.17, 15) is 4.79 Å². The van der Waals surface area contributed by atoms with Crippen LogP contribution in [0.5, 0.6) is 0 Å². The number of aromatic nitrogens is 2. The number of methoxy groups -OCH3 is 1. The largest absolute Gasteiger partial charge is 0.463 e. The van der Waals surface area contributed by atoms with Crippen molar-refractivity contribution >= 4 is 11.8 Å². The molecule has 0 aliphatic rings. The normalized spacial score (nSPS) is 9.21. The van der Waals surface area contributed by atoms with Gasteiger partial charge < -0.3 is 10.1 Å². The highest BCUT2D eigenvalue weighted by Crippen LogP contribution is 2.02. The Hall–Kier alpha value is -1.91. The number of rotatable bonds is 4. The molecule has 1 aromatic heterocycles. The molecular formula is C9H11N3O2. The van der Waals surface area contributed by atoms with Gasteiger partial charge in [-0.2, -0.15) is 0 Å². The van der Waals surface area contributed by atoms with Crippen molar-refractivity contribution in [3.63, 3.8) is 0 Å². The number of carbonyl (C=O) groups excluding carboxylic acids is 1. The lowest BCUT2D eigenvalue weighted by Gasteiger charge is -2.02. The van der Waals surface area contributed by atoms with Crippen molar-refractivity contribution in [1.29, 1.82) is 0 Å². The van der Waals surface area contributed by atoms with Gasteiger partial charge in [-0.3, -0.25) is 0 Å². The molecule has 0 aliphatic carbocycles. The van der Waals surface area contributed by atoms with E-state index >= 15 is 0 Å². The summed E-state index contributed by atoms with van der Waals surface area (Å²) in [4.78, 5) is 18.7. The monoisotopic (exact) mass is 193 g/mol. The van der Waals surface area contributed by atoms with Gasteiger partial charge in [-0.25, -0.2) is 14.8 Å². The van der Waals surface area contributed by atoms with Crippen LogP contribution in [-0.2, 0) is 4.74 Å². The molecular weight excluding hydrogens is 182 g/mol. The van der Waals surface area contributed by atoms with Crippen LogP contribution in [0.1, 0.15) is 10.6 Å². The van der Waals surface area contributed by atoms with Crippen LogP contribution in [0.4, 0.5) is 5.82 Å². The Kier molecular flexibility index (Phi) is 3.60. The summed E-state index contributed by atoms with van der Waals surface area (Å²) in [5, 5.41) is 2.94. The quantitative estimate of drug-likeness (QED) is 0.567. The van der Waals surface area contributed by atoms with E-state index in [-0.39, 0.29) is 5.82 Å². The maximum absolute atomic E-state index is 11.0. The molecule has 74 valence electrons. The maximum atomic E-state index is 11.0. The molecule has 0 amide bonds. The fourth-order valence-electron chi connectivity index (χ4n) is 0.824. The molecule has 0 bridgehead atoms. The predicted octanol–water partition coefficient (Wildman–Crippen LogP) is 0.861. The Balaban J connectivity index is 2.78. The molecule has 0 saturated heterocycles. The molecule has 5 nitrogen and oxygen atoms in total. The Morgan fingerprint density at radius 1 is 1.79 bits per heavy atom. The average Bonchev–Trinajstić information content (AvgIpc) is 2.25. The first-order chi connectivity index (χ1) is 6.77. The number of anilines is 1. The summed E-state index contributed by atoms with van der Waals surface area (Å²) in [6, 6.07) is 1.66. The molecule has 1 heterocycles. The minimum absolute atomic E-state index is 0.0431. The van der Waals surface area contributed by atoms with Crippen LogP contribution >= 0.6 is 0 Å². The average molecular weight is 193 g/mol. The highest BCUT2D eigenvalue weighted by atomic mass is 16.5. The van der Waals surface area contributed by atoms with Gasteiger partial charge >= 0.3 is 5.97 Å². The van der Waals surface area contributed by atoms with Crippen molar-refractivity contribution in [1.82, 2.24) is 9.97 Å². The van der Waals surface area contributed by atoms with Gasteiger partial charge in [-0.1, -0.05) is 6.08 Å². The molecule has 0 radical (unpaired) electrons. The molecule has 0 unspecified atom stereocenters. The third-order valence-corrected chi connectivity index (χ3v) is 1.45. The van der Waals surface area contributed by atoms with Gasteiger partial charge in [0.2, 0.25) is 5.82 Å². The Bertz CT molecular complexity index is 339. The van der Waals surface area contributed by atoms with Crippen LogP contribution in [0.25, 0.3) is 0 Å². The number of esters is 1. The van der Waals surface area contributed by atoms with E-state index in [1.807, 2.05) is 0 Å². The number of nitrogens with zero attached hydrogens (tertiary/aromatic N) is 2. The lowest BCUT2D eigenvalue weighted by molar-refractivity contribution is 0.0587. The number of hydrogen-bond acceptors (Lipinski definition) is 5.